The Morgan fingerprint density at radius 1 is 1.10 bits per heavy atom. The molecule has 0 saturated carbocycles. The second-order valence-electron chi connectivity index (χ2n) is 7.88. The smallest absolute Gasteiger partial charge is 0.129 e. The van der Waals surface area contributed by atoms with Crippen molar-refractivity contribution in [3.05, 3.63) is 65.2 Å². The Kier molecular flexibility index (Phi) is 5.27. The fourth-order valence-corrected chi connectivity index (χ4v) is 5.40. The van der Waals surface area contributed by atoms with Gasteiger partial charge in [0.25, 0.3) is 0 Å². The maximum Gasteiger partial charge on any atom is 0.129 e. The molecular formula is C22H28N4O2S. The van der Waals surface area contributed by atoms with Crippen molar-refractivity contribution >= 4 is 27.3 Å². The molecule has 1 aliphatic heterocycles. The quantitative estimate of drug-likeness (QED) is 0.517. The van der Waals surface area contributed by atoms with Crippen molar-refractivity contribution in [2.24, 2.45) is 11.5 Å². The molecule has 29 heavy (non-hydrogen) atoms. The molecule has 3 aromatic rings. The third kappa shape index (κ3) is 3.84. The lowest BCUT2D eigenvalue weighted by Crippen LogP contribution is -2.32. The first-order valence-electron chi connectivity index (χ1n) is 9.77. The van der Waals surface area contributed by atoms with Gasteiger partial charge in [-0.3, -0.25) is 9.11 Å². The number of hydrogen-bond donors (Lipinski definition) is 4. The van der Waals surface area contributed by atoms with Crippen LogP contribution in [0.25, 0.3) is 10.9 Å². The van der Waals surface area contributed by atoms with Crippen LogP contribution in [0.1, 0.15) is 29.7 Å². The van der Waals surface area contributed by atoms with E-state index in [0.29, 0.717) is 18.0 Å². The zero-order chi connectivity index (χ0) is 20.8. The molecule has 7 heteroatoms. The Morgan fingerprint density at radius 2 is 1.86 bits per heavy atom. The predicted molar refractivity (Wildman–Crippen MR) is 121 cm³/mol. The Balaban J connectivity index is 1.83. The van der Waals surface area contributed by atoms with Crippen molar-refractivity contribution < 1.29 is 9.11 Å². The number of pyridine rings is 1. The fourth-order valence-electron chi connectivity index (χ4n) is 3.85. The predicted octanol–water partition coefficient (Wildman–Crippen LogP) is 4.02. The van der Waals surface area contributed by atoms with E-state index in [0.717, 1.165) is 33.4 Å². The maximum absolute atomic E-state index is 10.6. The van der Waals surface area contributed by atoms with E-state index in [2.05, 4.69) is 11.0 Å². The van der Waals surface area contributed by atoms with Crippen molar-refractivity contribution in [2.75, 3.05) is 17.2 Å². The molecule has 6 nitrogen and oxygen atoms in total. The van der Waals surface area contributed by atoms with Gasteiger partial charge >= 0.3 is 0 Å². The Morgan fingerprint density at radius 3 is 2.62 bits per heavy atom. The van der Waals surface area contributed by atoms with Crippen LogP contribution in [0.4, 0.5) is 5.82 Å². The highest BCUT2D eigenvalue weighted by Crippen LogP contribution is 2.51. The van der Waals surface area contributed by atoms with Gasteiger partial charge in [0.15, 0.2) is 0 Å². The Bertz CT molecular complexity index is 1050. The SMILES string of the molecule is Cc1ccc2nc(N3CCS(O)(O)c4ccccc4C3)cc(C(N)C(C)N)c2c1. The van der Waals surface area contributed by atoms with Gasteiger partial charge in [-0.15, -0.1) is 0 Å². The van der Waals surface area contributed by atoms with Gasteiger partial charge in [0, 0.05) is 30.6 Å². The molecule has 4 rings (SSSR count). The molecule has 0 radical (unpaired) electrons. The van der Waals surface area contributed by atoms with E-state index >= 15 is 0 Å². The standard InChI is InChI=1S/C22H28N4O2S/c1-14-7-8-19-17(11-14)18(22(24)15(2)23)12-21(25-19)26-9-10-29(27,28)20-6-4-3-5-16(20)13-26/h3-8,11-12,15,22,27-28H,9-10,13,23-24H2,1-2H3. The average Bonchev–Trinajstić information content (AvgIpc) is 2.83. The lowest BCUT2D eigenvalue weighted by Gasteiger charge is -2.32. The van der Waals surface area contributed by atoms with Gasteiger partial charge < -0.3 is 16.4 Å². The number of benzene rings is 2. The average molecular weight is 413 g/mol. The minimum Gasteiger partial charge on any atom is -0.351 e. The van der Waals surface area contributed by atoms with Crippen molar-refractivity contribution in [3.8, 4) is 0 Å². The summed E-state index contributed by atoms with van der Waals surface area (Å²) in [4.78, 5) is 7.61. The van der Waals surface area contributed by atoms with Crippen LogP contribution in [0.3, 0.4) is 0 Å². The van der Waals surface area contributed by atoms with Gasteiger partial charge in [-0.25, -0.2) is 4.98 Å². The molecule has 1 aliphatic rings. The van der Waals surface area contributed by atoms with Gasteiger partial charge in [0.1, 0.15) is 5.82 Å². The van der Waals surface area contributed by atoms with Crippen LogP contribution in [-0.2, 0) is 6.54 Å². The second kappa shape index (κ2) is 7.59. The van der Waals surface area contributed by atoms with Gasteiger partial charge in [-0.2, -0.15) is 10.6 Å². The first-order chi connectivity index (χ1) is 13.8. The van der Waals surface area contributed by atoms with Crippen molar-refractivity contribution in [1.82, 2.24) is 4.98 Å². The summed E-state index contributed by atoms with van der Waals surface area (Å²) in [6.45, 7) is 5.01. The van der Waals surface area contributed by atoms with Crippen molar-refractivity contribution in [2.45, 2.75) is 37.4 Å². The minimum atomic E-state index is -2.82. The Hall–Kier alpha value is -2.16. The summed E-state index contributed by atoms with van der Waals surface area (Å²) >= 11 is 0. The molecule has 0 fully saturated rings. The third-order valence-corrected chi connectivity index (χ3v) is 7.42. The van der Waals surface area contributed by atoms with Crippen molar-refractivity contribution in [3.63, 3.8) is 0 Å². The molecule has 2 unspecified atom stereocenters. The fraction of sp³-hybridized carbons (Fsp3) is 0.318. The number of hydrogen-bond acceptors (Lipinski definition) is 6. The van der Waals surface area contributed by atoms with E-state index in [1.807, 2.05) is 56.3 Å². The van der Waals surface area contributed by atoms with Crippen LogP contribution in [-0.4, -0.2) is 32.4 Å². The summed E-state index contributed by atoms with van der Waals surface area (Å²) in [6.07, 6.45) is 0. The third-order valence-electron chi connectivity index (χ3n) is 5.56. The molecule has 2 heterocycles. The maximum atomic E-state index is 10.6. The van der Waals surface area contributed by atoms with Crippen LogP contribution in [0.2, 0.25) is 0 Å². The van der Waals surface area contributed by atoms with Gasteiger partial charge in [0.2, 0.25) is 0 Å². The minimum absolute atomic E-state index is 0.203. The van der Waals surface area contributed by atoms with Gasteiger partial charge in [-0.05, 0) is 49.2 Å². The summed E-state index contributed by atoms with van der Waals surface area (Å²) in [5.74, 6) is 1.05. The molecule has 2 aromatic carbocycles. The van der Waals surface area contributed by atoms with Gasteiger partial charge in [-0.1, -0.05) is 29.8 Å². The molecule has 0 amide bonds. The first-order valence-corrected chi connectivity index (χ1v) is 11.5. The number of nitrogens with zero attached hydrogens (tertiary/aromatic N) is 2. The molecule has 6 N–H and O–H groups in total. The normalized spacial score (nSPS) is 19.3. The second-order valence-corrected chi connectivity index (χ2v) is 10.1. The summed E-state index contributed by atoms with van der Waals surface area (Å²) < 4.78 is 21.3. The molecule has 0 bridgehead atoms. The van der Waals surface area contributed by atoms with Crippen LogP contribution in [0, 0.1) is 6.92 Å². The summed E-state index contributed by atoms with van der Waals surface area (Å²) in [5, 5.41) is 1.01. The van der Waals surface area contributed by atoms with E-state index in [1.165, 1.54) is 0 Å². The Labute approximate surface area is 172 Å². The lowest BCUT2D eigenvalue weighted by atomic mass is 9.96. The van der Waals surface area contributed by atoms with Crippen LogP contribution in [0.15, 0.2) is 53.4 Å². The van der Waals surface area contributed by atoms with Crippen LogP contribution >= 0.6 is 10.6 Å². The summed E-state index contributed by atoms with van der Waals surface area (Å²) in [7, 11) is -2.82. The number of anilines is 1. The molecular weight excluding hydrogens is 384 g/mol. The molecule has 1 aromatic heterocycles. The van der Waals surface area contributed by atoms with E-state index < -0.39 is 10.6 Å². The van der Waals surface area contributed by atoms with E-state index in [4.69, 9.17) is 16.5 Å². The number of fused-ring (bicyclic) bond motifs is 2. The largest absolute Gasteiger partial charge is 0.351 e. The van der Waals surface area contributed by atoms with Crippen LogP contribution < -0.4 is 16.4 Å². The zero-order valence-corrected chi connectivity index (χ0v) is 17.6. The highest BCUT2D eigenvalue weighted by Gasteiger charge is 2.27. The monoisotopic (exact) mass is 412 g/mol. The van der Waals surface area contributed by atoms with E-state index in [9.17, 15) is 9.11 Å². The highest BCUT2D eigenvalue weighted by atomic mass is 32.3. The summed E-state index contributed by atoms with van der Waals surface area (Å²) in [5.41, 5.74) is 16.5. The summed E-state index contributed by atoms with van der Waals surface area (Å²) in [6, 6.07) is 15.1. The number of aromatic nitrogens is 1. The van der Waals surface area contributed by atoms with Gasteiger partial charge in [0.05, 0.1) is 16.2 Å². The van der Waals surface area contributed by atoms with E-state index in [1.54, 1.807) is 0 Å². The molecule has 0 spiro atoms. The highest BCUT2D eigenvalue weighted by molar-refractivity contribution is 8.24. The molecule has 0 saturated heterocycles. The van der Waals surface area contributed by atoms with Crippen molar-refractivity contribution in [1.29, 1.82) is 0 Å². The molecule has 0 aliphatic carbocycles. The lowest BCUT2D eigenvalue weighted by molar-refractivity contribution is 0.488. The first kappa shape index (κ1) is 20.1. The zero-order valence-electron chi connectivity index (χ0n) is 16.7. The number of aryl methyl sites for hydroxylation is 1. The van der Waals surface area contributed by atoms with E-state index in [-0.39, 0.29) is 17.8 Å². The topological polar surface area (TPSA) is 109 Å². The number of rotatable bonds is 3. The molecule has 154 valence electrons. The van der Waals surface area contributed by atoms with Crippen LogP contribution in [0.5, 0.6) is 0 Å². The number of nitrogens with two attached hydrogens (primary N) is 2. The molecule has 2 atom stereocenters.